The maximum atomic E-state index is 12.0. The molecular formula is C14H17NO9. The van der Waals surface area contributed by atoms with E-state index < -0.39 is 49.5 Å². The van der Waals surface area contributed by atoms with Gasteiger partial charge in [0.05, 0.1) is 12.3 Å². The minimum absolute atomic E-state index is 0.0639. The second kappa shape index (κ2) is 6.51. The zero-order valence-corrected chi connectivity index (χ0v) is 12.3. The number of phenolic OH excluding ortho intramolecular Hbond substituents is 1. The second-order valence-corrected chi connectivity index (χ2v) is 5.45. The summed E-state index contributed by atoms with van der Waals surface area (Å²) in [6.45, 7) is -0.620. The zero-order chi connectivity index (χ0) is 17.4. The molecule has 1 aromatic carbocycles. The first-order chi connectivity index (χ1) is 11.4. The van der Waals surface area contributed by atoms with Gasteiger partial charge in [0.1, 0.15) is 35.9 Å². The number of nitrogens with one attached hydrogen (secondary N) is 1. The molecule has 0 aromatic heterocycles. The lowest BCUT2D eigenvalue weighted by molar-refractivity contribution is -0.322. The molecule has 1 aromatic rings. The molecule has 0 radical (unpaired) electrons. The molecule has 10 nitrogen and oxygen atoms in total. The summed E-state index contributed by atoms with van der Waals surface area (Å²) in [7, 11) is 0. The Bertz CT molecular complexity index is 622. The molecule has 0 aliphatic carbocycles. The Hall–Kier alpha value is -1.95. The third kappa shape index (κ3) is 3.02. The number of hydrogen-bond donors (Lipinski definition) is 6. The van der Waals surface area contributed by atoms with Gasteiger partial charge in [-0.15, -0.1) is 0 Å². The fraction of sp³-hybridized carbons (Fsp3) is 0.500. The summed E-state index contributed by atoms with van der Waals surface area (Å²) < 4.78 is 15.7. The van der Waals surface area contributed by atoms with Gasteiger partial charge in [0.25, 0.3) is 12.2 Å². The van der Waals surface area contributed by atoms with E-state index in [1.807, 2.05) is 0 Å². The van der Waals surface area contributed by atoms with Gasteiger partial charge in [0.15, 0.2) is 6.29 Å². The van der Waals surface area contributed by atoms with Crippen LogP contribution in [0.2, 0.25) is 0 Å². The van der Waals surface area contributed by atoms with Gasteiger partial charge >= 0.3 is 0 Å². The SMILES string of the molecule is O=C1Nc2cc(O)ccc2OC1OC1OC(CO)C(O)C(O)C1O. The monoisotopic (exact) mass is 343 g/mol. The molecule has 132 valence electrons. The molecule has 1 fully saturated rings. The molecule has 0 bridgehead atoms. The smallest absolute Gasteiger partial charge is 0.294 e. The molecule has 0 saturated carbocycles. The molecule has 24 heavy (non-hydrogen) atoms. The number of carbonyl (C=O) groups is 1. The van der Waals surface area contributed by atoms with Gasteiger partial charge in [-0.25, -0.2) is 0 Å². The Labute approximate surface area is 135 Å². The molecule has 3 rings (SSSR count). The number of anilines is 1. The van der Waals surface area contributed by atoms with E-state index in [2.05, 4.69) is 5.32 Å². The molecule has 2 aliphatic rings. The Balaban J connectivity index is 1.73. The summed E-state index contributed by atoms with van der Waals surface area (Å²) in [5, 5.41) is 50.3. The van der Waals surface area contributed by atoms with Crippen molar-refractivity contribution in [3.63, 3.8) is 0 Å². The summed E-state index contributed by atoms with van der Waals surface area (Å²) >= 11 is 0. The highest BCUT2D eigenvalue weighted by Crippen LogP contribution is 2.33. The standard InChI is InChI=1S/C14H17NO9/c16-4-8-9(18)10(19)11(20)13(23-8)24-14-12(21)15-6-3-5(17)1-2-7(6)22-14/h1-3,8-11,13-14,16-20H,4H2,(H,15,21). The quantitative estimate of drug-likeness (QED) is 0.360. The molecule has 2 heterocycles. The summed E-state index contributed by atoms with van der Waals surface area (Å²) in [4.78, 5) is 12.0. The first kappa shape index (κ1) is 16.9. The van der Waals surface area contributed by atoms with Crippen molar-refractivity contribution in [1.82, 2.24) is 0 Å². The molecule has 1 amide bonds. The summed E-state index contributed by atoms with van der Waals surface area (Å²) in [5.41, 5.74) is 0.244. The normalized spacial score (nSPS) is 35.8. The number of aromatic hydroxyl groups is 1. The highest BCUT2D eigenvalue weighted by atomic mass is 16.8. The molecule has 6 N–H and O–H groups in total. The lowest BCUT2D eigenvalue weighted by Crippen LogP contribution is -2.60. The summed E-state index contributed by atoms with van der Waals surface area (Å²) in [6.07, 6.45) is -8.98. The number of benzene rings is 1. The predicted octanol–water partition coefficient (Wildman–Crippen LogP) is -2.13. The van der Waals surface area contributed by atoms with E-state index in [-0.39, 0.29) is 17.2 Å². The fourth-order valence-electron chi connectivity index (χ4n) is 2.47. The molecule has 6 unspecified atom stereocenters. The van der Waals surface area contributed by atoms with E-state index in [1.165, 1.54) is 18.2 Å². The van der Waals surface area contributed by atoms with Gasteiger partial charge < -0.3 is 45.1 Å². The Morgan fingerprint density at radius 3 is 2.62 bits per heavy atom. The van der Waals surface area contributed by atoms with Crippen LogP contribution in [0.15, 0.2) is 18.2 Å². The Kier molecular flexibility index (Phi) is 4.58. The lowest BCUT2D eigenvalue weighted by atomic mass is 9.99. The zero-order valence-electron chi connectivity index (χ0n) is 12.3. The Morgan fingerprint density at radius 1 is 1.17 bits per heavy atom. The second-order valence-electron chi connectivity index (χ2n) is 5.45. The van der Waals surface area contributed by atoms with Gasteiger partial charge in [-0.2, -0.15) is 0 Å². The van der Waals surface area contributed by atoms with Crippen LogP contribution in [0.1, 0.15) is 0 Å². The van der Waals surface area contributed by atoms with Gasteiger partial charge in [0, 0.05) is 6.07 Å². The van der Waals surface area contributed by atoms with Crippen LogP contribution in [0.25, 0.3) is 0 Å². The van der Waals surface area contributed by atoms with Crippen molar-refractivity contribution in [2.24, 2.45) is 0 Å². The van der Waals surface area contributed by atoms with E-state index in [1.54, 1.807) is 0 Å². The van der Waals surface area contributed by atoms with Crippen molar-refractivity contribution in [2.75, 3.05) is 11.9 Å². The minimum Gasteiger partial charge on any atom is -0.508 e. The number of fused-ring (bicyclic) bond motifs is 1. The topological polar surface area (TPSA) is 158 Å². The number of aliphatic hydroxyl groups is 4. The highest BCUT2D eigenvalue weighted by molar-refractivity contribution is 5.97. The van der Waals surface area contributed by atoms with Crippen LogP contribution in [0.5, 0.6) is 11.5 Å². The number of aliphatic hydroxyl groups excluding tert-OH is 4. The first-order valence-corrected chi connectivity index (χ1v) is 7.17. The van der Waals surface area contributed by atoms with E-state index in [4.69, 9.17) is 19.3 Å². The minimum atomic E-state index is -1.65. The number of hydrogen-bond acceptors (Lipinski definition) is 9. The van der Waals surface area contributed by atoms with Crippen molar-refractivity contribution < 1.29 is 44.5 Å². The van der Waals surface area contributed by atoms with Crippen molar-refractivity contribution in [3.05, 3.63) is 18.2 Å². The third-order valence-electron chi connectivity index (χ3n) is 3.78. The molecule has 6 atom stereocenters. The van der Waals surface area contributed by atoms with Crippen LogP contribution in [-0.4, -0.2) is 75.0 Å². The Morgan fingerprint density at radius 2 is 1.92 bits per heavy atom. The average Bonchev–Trinajstić information content (AvgIpc) is 2.56. The molecule has 2 aliphatic heterocycles. The van der Waals surface area contributed by atoms with Gasteiger partial charge in [-0.05, 0) is 12.1 Å². The first-order valence-electron chi connectivity index (χ1n) is 7.17. The molecule has 1 saturated heterocycles. The van der Waals surface area contributed by atoms with E-state index in [9.17, 15) is 25.2 Å². The molecular weight excluding hydrogens is 326 g/mol. The largest absolute Gasteiger partial charge is 0.508 e. The predicted molar refractivity (Wildman–Crippen MR) is 76.0 cm³/mol. The van der Waals surface area contributed by atoms with Crippen LogP contribution in [-0.2, 0) is 14.3 Å². The van der Waals surface area contributed by atoms with E-state index in [0.29, 0.717) is 0 Å². The number of rotatable bonds is 3. The number of phenols is 1. The maximum absolute atomic E-state index is 12.0. The number of amides is 1. The van der Waals surface area contributed by atoms with Crippen LogP contribution < -0.4 is 10.1 Å². The van der Waals surface area contributed by atoms with E-state index in [0.717, 1.165) is 0 Å². The van der Waals surface area contributed by atoms with Crippen LogP contribution >= 0.6 is 0 Å². The molecule has 0 spiro atoms. The highest BCUT2D eigenvalue weighted by Gasteiger charge is 2.46. The van der Waals surface area contributed by atoms with Crippen molar-refractivity contribution in [1.29, 1.82) is 0 Å². The van der Waals surface area contributed by atoms with Crippen LogP contribution in [0.4, 0.5) is 5.69 Å². The van der Waals surface area contributed by atoms with Crippen LogP contribution in [0, 0.1) is 0 Å². The van der Waals surface area contributed by atoms with Crippen molar-refractivity contribution >= 4 is 11.6 Å². The average molecular weight is 343 g/mol. The lowest BCUT2D eigenvalue weighted by Gasteiger charge is -2.40. The van der Waals surface area contributed by atoms with Gasteiger partial charge in [-0.3, -0.25) is 4.79 Å². The van der Waals surface area contributed by atoms with Gasteiger partial charge in [-0.1, -0.05) is 0 Å². The summed E-state index contributed by atoms with van der Waals surface area (Å²) in [6, 6.07) is 4.05. The maximum Gasteiger partial charge on any atom is 0.294 e. The van der Waals surface area contributed by atoms with Crippen molar-refractivity contribution in [2.45, 2.75) is 37.0 Å². The number of carbonyl (C=O) groups excluding carboxylic acids is 1. The summed E-state index contributed by atoms with van der Waals surface area (Å²) in [5.74, 6) is -0.557. The van der Waals surface area contributed by atoms with Gasteiger partial charge in [0.2, 0.25) is 0 Å². The molecule has 10 heteroatoms. The fourth-order valence-corrected chi connectivity index (χ4v) is 2.47. The third-order valence-corrected chi connectivity index (χ3v) is 3.78. The van der Waals surface area contributed by atoms with Crippen LogP contribution in [0.3, 0.4) is 0 Å². The van der Waals surface area contributed by atoms with E-state index >= 15 is 0 Å². The van der Waals surface area contributed by atoms with Crippen molar-refractivity contribution in [3.8, 4) is 11.5 Å². The number of ether oxygens (including phenoxy) is 3.